The maximum absolute atomic E-state index is 8.52. The molecule has 0 saturated heterocycles. The van der Waals surface area contributed by atoms with Crippen LogP contribution in [0.25, 0.3) is 11.0 Å². The highest BCUT2D eigenvalue weighted by Gasteiger charge is 1.94. The second kappa shape index (κ2) is 3.86. The van der Waals surface area contributed by atoms with E-state index in [9.17, 15) is 0 Å². The summed E-state index contributed by atoms with van der Waals surface area (Å²) < 4.78 is 0. The molecule has 0 radical (unpaired) electrons. The number of hydrogen-bond acceptors (Lipinski definition) is 3. The van der Waals surface area contributed by atoms with Crippen LogP contribution in [-0.2, 0) is 0 Å². The van der Waals surface area contributed by atoms with E-state index in [4.69, 9.17) is 5.11 Å². The number of aromatic nitrogens is 2. The Morgan fingerprint density at radius 2 is 2.00 bits per heavy atom. The van der Waals surface area contributed by atoms with Gasteiger partial charge < -0.3 is 5.11 Å². The molecule has 1 aromatic carbocycles. The van der Waals surface area contributed by atoms with E-state index in [0.29, 0.717) is 5.69 Å². The molecule has 0 bridgehead atoms. The van der Waals surface area contributed by atoms with Crippen molar-refractivity contribution in [2.24, 2.45) is 0 Å². The fourth-order valence-electron chi connectivity index (χ4n) is 1.15. The average molecular weight is 184 g/mol. The lowest BCUT2D eigenvalue weighted by Crippen LogP contribution is -1.87. The number of aliphatic hydroxyl groups is 1. The Morgan fingerprint density at radius 1 is 1.21 bits per heavy atom. The van der Waals surface area contributed by atoms with Gasteiger partial charge in [0, 0.05) is 0 Å². The van der Waals surface area contributed by atoms with E-state index >= 15 is 0 Å². The molecule has 14 heavy (non-hydrogen) atoms. The molecule has 68 valence electrons. The lowest BCUT2D eigenvalue weighted by Gasteiger charge is -1.95. The van der Waals surface area contributed by atoms with E-state index in [0.717, 1.165) is 11.0 Å². The Hall–Kier alpha value is -1.92. The van der Waals surface area contributed by atoms with E-state index in [-0.39, 0.29) is 6.61 Å². The number of hydrogen-bond donors (Lipinski definition) is 1. The van der Waals surface area contributed by atoms with Crippen LogP contribution in [0.15, 0.2) is 30.5 Å². The first-order chi connectivity index (χ1) is 6.90. The zero-order chi connectivity index (χ0) is 9.80. The summed E-state index contributed by atoms with van der Waals surface area (Å²) in [5, 5.41) is 8.52. The normalized spacial score (nSPS) is 9.50. The Morgan fingerprint density at radius 3 is 2.79 bits per heavy atom. The second-order valence-electron chi connectivity index (χ2n) is 2.70. The molecule has 1 N–H and O–H groups in total. The summed E-state index contributed by atoms with van der Waals surface area (Å²) in [5.74, 6) is 5.25. The first-order valence-corrected chi connectivity index (χ1v) is 4.21. The van der Waals surface area contributed by atoms with Crippen LogP contribution in [-0.4, -0.2) is 21.7 Å². The van der Waals surface area contributed by atoms with Crippen molar-refractivity contribution in [2.75, 3.05) is 6.61 Å². The number of fused-ring (bicyclic) bond motifs is 1. The third kappa shape index (κ3) is 1.70. The van der Waals surface area contributed by atoms with Crippen molar-refractivity contribution in [3.8, 4) is 11.8 Å². The van der Waals surface area contributed by atoms with E-state index in [2.05, 4.69) is 21.8 Å². The largest absolute Gasteiger partial charge is 0.384 e. The van der Waals surface area contributed by atoms with Crippen LogP contribution < -0.4 is 0 Å². The van der Waals surface area contributed by atoms with Crippen LogP contribution in [0.4, 0.5) is 0 Å². The predicted octanol–water partition coefficient (Wildman–Crippen LogP) is 0.974. The Kier molecular flexibility index (Phi) is 2.39. The quantitative estimate of drug-likeness (QED) is 0.620. The summed E-state index contributed by atoms with van der Waals surface area (Å²) in [6.45, 7) is -0.158. The number of aliphatic hydroxyl groups excluding tert-OH is 1. The third-order valence-corrected chi connectivity index (χ3v) is 1.74. The first kappa shape index (κ1) is 8.67. The molecular weight excluding hydrogens is 176 g/mol. The Labute approximate surface area is 81.4 Å². The molecule has 0 unspecified atom stereocenters. The molecule has 2 aromatic rings. The molecule has 2 rings (SSSR count). The zero-order valence-electron chi connectivity index (χ0n) is 7.44. The highest BCUT2D eigenvalue weighted by molar-refractivity contribution is 5.74. The van der Waals surface area contributed by atoms with Crippen molar-refractivity contribution in [1.82, 2.24) is 9.97 Å². The number of rotatable bonds is 0. The van der Waals surface area contributed by atoms with Gasteiger partial charge in [0.1, 0.15) is 12.3 Å². The van der Waals surface area contributed by atoms with Crippen molar-refractivity contribution >= 4 is 11.0 Å². The lowest BCUT2D eigenvalue weighted by atomic mass is 10.3. The van der Waals surface area contributed by atoms with Crippen LogP contribution in [0.3, 0.4) is 0 Å². The number of nitrogens with zero attached hydrogens (tertiary/aromatic N) is 2. The zero-order valence-corrected chi connectivity index (χ0v) is 7.44. The summed E-state index contributed by atoms with van der Waals surface area (Å²) in [6.07, 6.45) is 1.60. The van der Waals surface area contributed by atoms with E-state index in [1.54, 1.807) is 6.20 Å². The molecule has 0 spiro atoms. The van der Waals surface area contributed by atoms with Crippen LogP contribution in [0.5, 0.6) is 0 Å². The smallest absolute Gasteiger partial charge is 0.132 e. The molecule has 0 saturated carbocycles. The third-order valence-electron chi connectivity index (χ3n) is 1.74. The summed E-state index contributed by atoms with van der Waals surface area (Å²) >= 11 is 0. The highest BCUT2D eigenvalue weighted by Crippen LogP contribution is 2.07. The Bertz CT molecular complexity index is 511. The van der Waals surface area contributed by atoms with Gasteiger partial charge in [0.2, 0.25) is 0 Å². The monoisotopic (exact) mass is 184 g/mol. The highest BCUT2D eigenvalue weighted by atomic mass is 16.2. The minimum Gasteiger partial charge on any atom is -0.384 e. The van der Waals surface area contributed by atoms with Crippen LogP contribution >= 0.6 is 0 Å². The summed E-state index contributed by atoms with van der Waals surface area (Å²) in [7, 11) is 0. The van der Waals surface area contributed by atoms with E-state index in [1.807, 2.05) is 24.3 Å². The topological polar surface area (TPSA) is 46.0 Å². The van der Waals surface area contributed by atoms with Crippen LogP contribution in [0.1, 0.15) is 5.69 Å². The molecule has 1 aromatic heterocycles. The van der Waals surface area contributed by atoms with Gasteiger partial charge in [-0.05, 0) is 18.1 Å². The molecule has 3 nitrogen and oxygen atoms in total. The minimum atomic E-state index is -0.158. The standard InChI is InChI=1S/C11H8N2O/c14-7-3-4-9-8-12-10-5-1-2-6-11(10)13-9/h1-2,5-6,8,14H,7H2. The summed E-state index contributed by atoms with van der Waals surface area (Å²) in [4.78, 5) is 8.45. The van der Waals surface area contributed by atoms with Crippen LogP contribution in [0.2, 0.25) is 0 Å². The molecular formula is C11H8N2O. The first-order valence-electron chi connectivity index (χ1n) is 4.21. The van der Waals surface area contributed by atoms with Crippen molar-refractivity contribution in [2.45, 2.75) is 0 Å². The lowest BCUT2D eigenvalue weighted by molar-refractivity contribution is 0.350. The molecule has 3 heteroatoms. The van der Waals surface area contributed by atoms with Crippen molar-refractivity contribution < 1.29 is 5.11 Å². The van der Waals surface area contributed by atoms with E-state index in [1.165, 1.54) is 0 Å². The average Bonchev–Trinajstić information content (AvgIpc) is 2.26. The Balaban J connectivity index is 2.51. The fourth-order valence-corrected chi connectivity index (χ4v) is 1.15. The molecule has 0 aliphatic heterocycles. The van der Waals surface area contributed by atoms with Gasteiger partial charge in [0.25, 0.3) is 0 Å². The summed E-state index contributed by atoms with van der Waals surface area (Å²) in [5.41, 5.74) is 2.25. The minimum absolute atomic E-state index is 0.158. The molecule has 1 heterocycles. The maximum Gasteiger partial charge on any atom is 0.132 e. The number of para-hydroxylation sites is 2. The van der Waals surface area contributed by atoms with Gasteiger partial charge in [0.05, 0.1) is 17.2 Å². The fraction of sp³-hybridized carbons (Fsp3) is 0.0909. The van der Waals surface area contributed by atoms with Gasteiger partial charge in [-0.1, -0.05) is 18.1 Å². The molecule has 0 atom stereocenters. The van der Waals surface area contributed by atoms with Gasteiger partial charge in [-0.15, -0.1) is 0 Å². The predicted molar refractivity (Wildman–Crippen MR) is 53.5 cm³/mol. The van der Waals surface area contributed by atoms with Crippen molar-refractivity contribution in [3.05, 3.63) is 36.2 Å². The number of benzene rings is 1. The molecule has 0 aliphatic rings. The maximum atomic E-state index is 8.52. The van der Waals surface area contributed by atoms with Gasteiger partial charge in [-0.25, -0.2) is 4.98 Å². The molecule has 0 fully saturated rings. The summed E-state index contributed by atoms with van der Waals surface area (Å²) in [6, 6.07) is 7.59. The van der Waals surface area contributed by atoms with Gasteiger partial charge in [-0.3, -0.25) is 4.98 Å². The van der Waals surface area contributed by atoms with Crippen molar-refractivity contribution in [1.29, 1.82) is 0 Å². The van der Waals surface area contributed by atoms with Gasteiger partial charge in [-0.2, -0.15) is 0 Å². The molecule has 0 amide bonds. The van der Waals surface area contributed by atoms with Crippen molar-refractivity contribution in [3.63, 3.8) is 0 Å². The van der Waals surface area contributed by atoms with Gasteiger partial charge in [0.15, 0.2) is 0 Å². The van der Waals surface area contributed by atoms with E-state index < -0.39 is 0 Å². The second-order valence-corrected chi connectivity index (χ2v) is 2.70. The molecule has 0 aliphatic carbocycles. The van der Waals surface area contributed by atoms with Crippen LogP contribution in [0, 0.1) is 11.8 Å². The SMILES string of the molecule is OCC#Cc1cnc2ccccc2n1. The van der Waals surface area contributed by atoms with Gasteiger partial charge >= 0.3 is 0 Å².